The summed E-state index contributed by atoms with van der Waals surface area (Å²) in [6.07, 6.45) is 5.45. The molecule has 1 atom stereocenters. The summed E-state index contributed by atoms with van der Waals surface area (Å²) in [5, 5.41) is 5.81. The molecule has 35 heavy (non-hydrogen) atoms. The predicted octanol–water partition coefficient (Wildman–Crippen LogP) is 4.14. The van der Waals surface area contributed by atoms with Crippen LogP contribution < -0.4 is 10.2 Å². The Morgan fingerprint density at radius 1 is 1.11 bits per heavy atom. The first-order valence-electron chi connectivity index (χ1n) is 12.1. The summed E-state index contributed by atoms with van der Waals surface area (Å²) in [4.78, 5) is 29.6. The van der Waals surface area contributed by atoms with E-state index in [-0.39, 0.29) is 6.04 Å². The molecular weight excluding hydrogens is 438 g/mol. The van der Waals surface area contributed by atoms with Crippen molar-refractivity contribution in [2.45, 2.75) is 32.2 Å². The lowest BCUT2D eigenvalue weighted by molar-refractivity contribution is -0.119. The number of carbonyl (C=O) groups excluding carboxylic acids is 1. The number of nitrogens with one attached hydrogen (secondary N) is 1. The fourth-order valence-corrected chi connectivity index (χ4v) is 4.84. The summed E-state index contributed by atoms with van der Waals surface area (Å²) >= 11 is 0. The average molecular weight is 470 g/mol. The molecule has 0 radical (unpaired) electrons. The monoisotopic (exact) mass is 469 g/mol. The number of aryl methyl sites for hydroxylation is 1. The van der Waals surface area contributed by atoms with E-state index in [1.54, 1.807) is 11.1 Å². The van der Waals surface area contributed by atoms with E-state index in [2.05, 4.69) is 69.2 Å². The second-order valence-corrected chi connectivity index (χ2v) is 9.17. The molecule has 8 heteroatoms. The highest BCUT2D eigenvalue weighted by atomic mass is 16.1. The lowest BCUT2D eigenvalue weighted by Crippen LogP contribution is -2.41. The average Bonchev–Trinajstić information content (AvgIpc) is 3.29. The Hall–Kier alpha value is -3.94. The van der Waals surface area contributed by atoms with Gasteiger partial charge in [0.25, 0.3) is 0 Å². The zero-order chi connectivity index (χ0) is 24.4. The molecule has 8 nitrogen and oxygen atoms in total. The maximum Gasteiger partial charge on any atom is 0.224 e. The van der Waals surface area contributed by atoms with Gasteiger partial charge >= 0.3 is 0 Å². The Kier molecular flexibility index (Phi) is 6.35. The SMILES string of the molecule is CCc1nc(-c2ccc3ccccc3c2)n(-c2ccnc(NC3CCCN(C=O)C3)n2)c1N(C)C. The van der Waals surface area contributed by atoms with Crippen molar-refractivity contribution >= 4 is 28.9 Å². The third-order valence-electron chi connectivity index (χ3n) is 6.49. The highest BCUT2D eigenvalue weighted by molar-refractivity contribution is 5.87. The molecule has 5 rings (SSSR count). The van der Waals surface area contributed by atoms with Crippen LogP contribution in [0.5, 0.6) is 0 Å². The zero-order valence-electron chi connectivity index (χ0n) is 20.5. The van der Waals surface area contributed by atoms with Gasteiger partial charge in [-0.15, -0.1) is 0 Å². The van der Waals surface area contributed by atoms with E-state index >= 15 is 0 Å². The summed E-state index contributed by atoms with van der Waals surface area (Å²) < 4.78 is 2.12. The van der Waals surface area contributed by atoms with E-state index in [1.165, 1.54) is 10.8 Å². The van der Waals surface area contributed by atoms with Gasteiger partial charge in [0, 0.05) is 51.1 Å². The minimum atomic E-state index is 0.131. The first-order valence-corrected chi connectivity index (χ1v) is 12.1. The second-order valence-electron chi connectivity index (χ2n) is 9.17. The number of imidazole rings is 1. The van der Waals surface area contributed by atoms with Gasteiger partial charge in [-0.1, -0.05) is 43.3 Å². The van der Waals surface area contributed by atoms with Crippen LogP contribution in [0.25, 0.3) is 28.0 Å². The lowest BCUT2D eigenvalue weighted by Gasteiger charge is -2.30. The van der Waals surface area contributed by atoms with Gasteiger partial charge in [0.05, 0.1) is 5.69 Å². The van der Waals surface area contributed by atoms with E-state index in [4.69, 9.17) is 9.97 Å². The van der Waals surface area contributed by atoms with Crippen LogP contribution in [0.2, 0.25) is 0 Å². The standard InChI is InChI=1S/C27H31N7O/c1-4-23-26(32(2)3)34(25(30-23)21-12-11-19-8-5-6-9-20(19)16-21)24-13-14-28-27(31-24)29-22-10-7-15-33(17-22)18-35/h5-6,8-9,11-14,16,18,22H,4,7,10,15,17H2,1-3H3,(H,28,29,31). The molecular formula is C27H31N7O. The number of benzene rings is 2. The molecule has 1 fully saturated rings. The Morgan fingerprint density at radius 3 is 2.71 bits per heavy atom. The zero-order valence-corrected chi connectivity index (χ0v) is 20.5. The minimum Gasteiger partial charge on any atom is -0.362 e. The Bertz CT molecular complexity index is 1350. The van der Waals surface area contributed by atoms with Crippen LogP contribution in [0.4, 0.5) is 11.8 Å². The van der Waals surface area contributed by atoms with Crippen molar-refractivity contribution in [3.63, 3.8) is 0 Å². The number of fused-ring (bicyclic) bond motifs is 1. The number of nitrogens with zero attached hydrogens (tertiary/aromatic N) is 6. The van der Waals surface area contributed by atoms with Gasteiger partial charge in [-0.05, 0) is 36.1 Å². The van der Waals surface area contributed by atoms with Crippen LogP contribution in [0, 0.1) is 0 Å². The molecule has 3 heterocycles. The highest BCUT2D eigenvalue weighted by Gasteiger charge is 2.23. The van der Waals surface area contributed by atoms with Gasteiger partial charge in [-0.3, -0.25) is 9.36 Å². The van der Waals surface area contributed by atoms with Crippen LogP contribution in [-0.4, -0.2) is 64.1 Å². The van der Waals surface area contributed by atoms with Crippen molar-refractivity contribution in [3.8, 4) is 17.2 Å². The summed E-state index contributed by atoms with van der Waals surface area (Å²) in [6, 6.07) is 16.8. The van der Waals surface area contributed by atoms with Gasteiger partial charge in [0.2, 0.25) is 12.4 Å². The predicted molar refractivity (Wildman–Crippen MR) is 140 cm³/mol. The smallest absolute Gasteiger partial charge is 0.224 e. The van der Waals surface area contributed by atoms with E-state index in [0.717, 1.165) is 60.9 Å². The molecule has 2 aromatic carbocycles. The van der Waals surface area contributed by atoms with Crippen molar-refractivity contribution < 1.29 is 4.79 Å². The third kappa shape index (κ3) is 4.56. The number of piperidine rings is 1. The molecule has 4 aromatic rings. The molecule has 0 saturated carbocycles. The van der Waals surface area contributed by atoms with Crippen molar-refractivity contribution in [2.75, 3.05) is 37.4 Å². The van der Waals surface area contributed by atoms with Crippen molar-refractivity contribution in [2.24, 2.45) is 0 Å². The van der Waals surface area contributed by atoms with Crippen LogP contribution in [0.1, 0.15) is 25.5 Å². The summed E-state index contributed by atoms with van der Waals surface area (Å²) in [6.45, 7) is 3.59. The van der Waals surface area contributed by atoms with Crippen LogP contribution >= 0.6 is 0 Å². The largest absolute Gasteiger partial charge is 0.362 e. The maximum atomic E-state index is 11.2. The van der Waals surface area contributed by atoms with Crippen LogP contribution in [-0.2, 0) is 11.2 Å². The number of carbonyl (C=O) groups is 1. The molecule has 2 aromatic heterocycles. The van der Waals surface area contributed by atoms with Crippen molar-refractivity contribution in [3.05, 3.63) is 60.4 Å². The van der Waals surface area contributed by atoms with Crippen molar-refractivity contribution in [1.82, 2.24) is 24.4 Å². The van der Waals surface area contributed by atoms with E-state index in [9.17, 15) is 4.79 Å². The van der Waals surface area contributed by atoms with E-state index in [0.29, 0.717) is 12.5 Å². The lowest BCUT2D eigenvalue weighted by atomic mass is 10.1. The van der Waals surface area contributed by atoms with Crippen LogP contribution in [0.3, 0.4) is 0 Å². The van der Waals surface area contributed by atoms with Gasteiger partial charge in [-0.2, -0.15) is 4.98 Å². The molecule has 1 aliphatic heterocycles. The quantitative estimate of drug-likeness (QED) is 0.410. The van der Waals surface area contributed by atoms with Gasteiger partial charge in [-0.25, -0.2) is 9.97 Å². The number of aromatic nitrogens is 4. The molecule has 0 bridgehead atoms. The number of anilines is 2. The second kappa shape index (κ2) is 9.74. The molecule has 0 aliphatic carbocycles. The molecule has 1 saturated heterocycles. The van der Waals surface area contributed by atoms with Gasteiger partial charge in [0.15, 0.2) is 0 Å². The third-order valence-corrected chi connectivity index (χ3v) is 6.49. The summed E-state index contributed by atoms with van der Waals surface area (Å²) in [5.41, 5.74) is 2.05. The Balaban J connectivity index is 1.58. The number of hydrogen-bond acceptors (Lipinski definition) is 6. The Morgan fingerprint density at radius 2 is 1.94 bits per heavy atom. The molecule has 1 aliphatic rings. The van der Waals surface area contributed by atoms with Gasteiger partial charge < -0.3 is 15.1 Å². The first-order chi connectivity index (χ1) is 17.1. The Labute approximate surface area is 205 Å². The number of hydrogen-bond donors (Lipinski definition) is 1. The maximum absolute atomic E-state index is 11.2. The van der Waals surface area contributed by atoms with Gasteiger partial charge in [0.1, 0.15) is 17.5 Å². The van der Waals surface area contributed by atoms with E-state index in [1.807, 2.05) is 20.2 Å². The molecule has 0 spiro atoms. The van der Waals surface area contributed by atoms with Crippen molar-refractivity contribution in [1.29, 1.82) is 0 Å². The minimum absolute atomic E-state index is 0.131. The number of amides is 1. The molecule has 180 valence electrons. The number of likely N-dealkylation sites (tertiary alicyclic amines) is 1. The summed E-state index contributed by atoms with van der Waals surface area (Å²) in [7, 11) is 4.07. The molecule has 1 unspecified atom stereocenters. The fourth-order valence-electron chi connectivity index (χ4n) is 4.84. The fraction of sp³-hybridized carbons (Fsp3) is 0.333. The number of rotatable bonds is 7. The molecule has 1 N–H and O–H groups in total. The van der Waals surface area contributed by atoms with E-state index < -0.39 is 0 Å². The highest BCUT2D eigenvalue weighted by Crippen LogP contribution is 2.33. The topological polar surface area (TPSA) is 79.2 Å². The molecule has 1 amide bonds. The normalized spacial score (nSPS) is 15.9. The summed E-state index contributed by atoms with van der Waals surface area (Å²) in [5.74, 6) is 3.17. The van der Waals surface area contributed by atoms with Crippen LogP contribution in [0.15, 0.2) is 54.7 Å². The first kappa shape index (κ1) is 22.8.